The van der Waals surface area contributed by atoms with Gasteiger partial charge in [0.15, 0.2) is 6.61 Å². The number of nitriles is 1. The molecule has 0 unspecified atom stereocenters. The number of para-hydroxylation sites is 1. The third-order valence-corrected chi connectivity index (χ3v) is 3.35. The van der Waals surface area contributed by atoms with E-state index in [9.17, 15) is 9.59 Å². The summed E-state index contributed by atoms with van der Waals surface area (Å²) in [6, 6.07) is 13.0. The van der Waals surface area contributed by atoms with Crippen molar-refractivity contribution in [2.45, 2.75) is 6.92 Å². The van der Waals surface area contributed by atoms with E-state index in [1.54, 1.807) is 37.3 Å². The van der Waals surface area contributed by atoms with Crippen molar-refractivity contribution in [3.63, 3.8) is 0 Å². The van der Waals surface area contributed by atoms with Crippen LogP contribution in [0.5, 0.6) is 5.75 Å². The van der Waals surface area contributed by atoms with E-state index in [0.29, 0.717) is 17.4 Å². The first-order valence-electron chi connectivity index (χ1n) is 7.43. The predicted molar refractivity (Wildman–Crippen MR) is 92.7 cm³/mol. The third kappa shape index (κ3) is 4.96. The molecule has 2 aromatic rings. The zero-order valence-corrected chi connectivity index (χ0v) is 14.2. The van der Waals surface area contributed by atoms with Crippen LogP contribution >= 0.6 is 11.6 Å². The Morgan fingerprint density at radius 3 is 2.72 bits per heavy atom. The van der Waals surface area contributed by atoms with Crippen molar-refractivity contribution in [3.05, 3.63) is 58.6 Å². The van der Waals surface area contributed by atoms with Crippen LogP contribution in [0.2, 0.25) is 5.02 Å². The third-order valence-electron chi connectivity index (χ3n) is 3.12. The fourth-order valence-electron chi connectivity index (χ4n) is 2.03. The maximum atomic E-state index is 12.1. The summed E-state index contributed by atoms with van der Waals surface area (Å²) in [5, 5.41) is 11.9. The Kier molecular flexibility index (Phi) is 6.38. The Labute approximate surface area is 149 Å². The van der Waals surface area contributed by atoms with Crippen LogP contribution in [0.4, 0.5) is 5.69 Å². The van der Waals surface area contributed by atoms with E-state index in [2.05, 4.69) is 5.32 Å². The molecule has 7 heteroatoms. The highest BCUT2D eigenvalue weighted by molar-refractivity contribution is 6.31. The molecule has 6 nitrogen and oxygen atoms in total. The van der Waals surface area contributed by atoms with Gasteiger partial charge in [-0.2, -0.15) is 5.26 Å². The van der Waals surface area contributed by atoms with E-state index in [4.69, 9.17) is 26.3 Å². The summed E-state index contributed by atoms with van der Waals surface area (Å²) in [5.41, 5.74) is 0.745. The predicted octanol–water partition coefficient (Wildman–Crippen LogP) is 3.41. The molecule has 0 spiro atoms. The van der Waals surface area contributed by atoms with Gasteiger partial charge in [0.1, 0.15) is 17.4 Å². The molecule has 0 heterocycles. The number of ether oxygens (including phenoxy) is 2. The van der Waals surface area contributed by atoms with Crippen LogP contribution in [0.3, 0.4) is 0 Å². The van der Waals surface area contributed by atoms with Crippen molar-refractivity contribution in [2.75, 3.05) is 18.5 Å². The molecule has 0 fully saturated rings. The number of amides is 1. The Balaban J connectivity index is 2.00. The molecular weight excluding hydrogens is 344 g/mol. The van der Waals surface area contributed by atoms with E-state index in [-0.39, 0.29) is 16.8 Å². The van der Waals surface area contributed by atoms with Crippen LogP contribution in [0.1, 0.15) is 22.8 Å². The van der Waals surface area contributed by atoms with Crippen molar-refractivity contribution in [3.8, 4) is 11.8 Å². The normalized spacial score (nSPS) is 9.80. The largest absolute Gasteiger partial charge is 0.493 e. The van der Waals surface area contributed by atoms with Crippen LogP contribution in [0, 0.1) is 11.3 Å². The lowest BCUT2D eigenvalue weighted by Gasteiger charge is -2.10. The zero-order chi connectivity index (χ0) is 18.2. The molecule has 0 bridgehead atoms. The molecule has 128 valence electrons. The second kappa shape index (κ2) is 8.71. The number of anilines is 1. The van der Waals surface area contributed by atoms with Gasteiger partial charge < -0.3 is 14.8 Å². The smallest absolute Gasteiger partial charge is 0.342 e. The summed E-state index contributed by atoms with van der Waals surface area (Å²) in [7, 11) is 0. The molecular formula is C18H15ClN2O4. The number of esters is 1. The summed E-state index contributed by atoms with van der Waals surface area (Å²) in [4.78, 5) is 24.1. The maximum Gasteiger partial charge on any atom is 0.342 e. The zero-order valence-electron chi connectivity index (χ0n) is 13.4. The summed E-state index contributed by atoms with van der Waals surface area (Å²) < 4.78 is 10.4. The van der Waals surface area contributed by atoms with Gasteiger partial charge >= 0.3 is 5.97 Å². The summed E-state index contributed by atoms with van der Waals surface area (Å²) in [5.74, 6) is -0.871. The fourth-order valence-corrected chi connectivity index (χ4v) is 2.20. The lowest BCUT2D eigenvalue weighted by Crippen LogP contribution is -2.21. The summed E-state index contributed by atoms with van der Waals surface area (Å²) in [6.07, 6.45) is 0. The molecule has 0 aliphatic carbocycles. The lowest BCUT2D eigenvalue weighted by atomic mass is 10.2. The van der Waals surface area contributed by atoms with Gasteiger partial charge in [0.2, 0.25) is 0 Å². The number of carbonyl (C=O) groups is 2. The van der Waals surface area contributed by atoms with Crippen LogP contribution in [0.25, 0.3) is 0 Å². The van der Waals surface area contributed by atoms with Gasteiger partial charge in [-0.25, -0.2) is 4.79 Å². The Hall–Kier alpha value is -3.04. The Bertz CT molecular complexity index is 830. The average molecular weight is 359 g/mol. The first-order chi connectivity index (χ1) is 12.0. The minimum atomic E-state index is -0.675. The number of benzene rings is 2. The Morgan fingerprint density at radius 1 is 1.24 bits per heavy atom. The molecule has 0 radical (unpaired) electrons. The number of rotatable bonds is 6. The highest BCUT2D eigenvalue weighted by atomic mass is 35.5. The van der Waals surface area contributed by atoms with Gasteiger partial charge in [-0.1, -0.05) is 23.7 Å². The van der Waals surface area contributed by atoms with Crippen LogP contribution in [-0.2, 0) is 9.53 Å². The molecule has 2 aromatic carbocycles. The van der Waals surface area contributed by atoms with Gasteiger partial charge in [0, 0.05) is 5.02 Å². The minimum Gasteiger partial charge on any atom is -0.493 e. The molecule has 0 aliphatic heterocycles. The lowest BCUT2D eigenvalue weighted by molar-refractivity contribution is -0.119. The molecule has 1 N–H and O–H groups in total. The molecule has 0 aromatic heterocycles. The summed E-state index contributed by atoms with van der Waals surface area (Å²) >= 11 is 5.85. The SMILES string of the molecule is CCOc1ccccc1C(=O)OCC(=O)Nc1cc(Cl)ccc1C#N. The van der Waals surface area contributed by atoms with Gasteiger partial charge in [0.05, 0.1) is 17.9 Å². The maximum absolute atomic E-state index is 12.1. The van der Waals surface area contributed by atoms with E-state index in [1.807, 2.05) is 6.07 Å². The van der Waals surface area contributed by atoms with Gasteiger partial charge in [-0.15, -0.1) is 0 Å². The number of nitrogens with one attached hydrogen (secondary N) is 1. The van der Waals surface area contributed by atoms with Crippen LogP contribution < -0.4 is 10.1 Å². The van der Waals surface area contributed by atoms with Crippen molar-refractivity contribution >= 4 is 29.2 Å². The molecule has 2 rings (SSSR count). The average Bonchev–Trinajstić information content (AvgIpc) is 2.61. The van der Waals surface area contributed by atoms with Crippen molar-refractivity contribution in [2.24, 2.45) is 0 Å². The molecule has 0 saturated heterocycles. The summed E-state index contributed by atoms with van der Waals surface area (Å²) in [6.45, 7) is 1.69. The first kappa shape index (κ1) is 18.3. The molecule has 0 atom stereocenters. The fraction of sp³-hybridized carbons (Fsp3) is 0.167. The number of hydrogen-bond donors (Lipinski definition) is 1. The van der Waals surface area contributed by atoms with E-state index in [0.717, 1.165) is 0 Å². The van der Waals surface area contributed by atoms with Gasteiger partial charge in [-0.05, 0) is 37.3 Å². The van der Waals surface area contributed by atoms with Crippen molar-refractivity contribution in [1.29, 1.82) is 5.26 Å². The molecule has 25 heavy (non-hydrogen) atoms. The number of halogens is 1. The second-order valence-electron chi connectivity index (χ2n) is 4.86. The second-order valence-corrected chi connectivity index (χ2v) is 5.29. The number of nitrogens with zero attached hydrogens (tertiary/aromatic N) is 1. The van der Waals surface area contributed by atoms with Crippen molar-refractivity contribution < 1.29 is 19.1 Å². The standard InChI is InChI=1S/C18H15ClN2O4/c1-2-24-16-6-4-3-5-14(16)18(23)25-11-17(22)21-15-9-13(19)8-7-12(15)10-20/h3-9H,2,11H2,1H3,(H,21,22). The molecule has 0 saturated carbocycles. The number of hydrogen-bond acceptors (Lipinski definition) is 5. The highest BCUT2D eigenvalue weighted by Crippen LogP contribution is 2.21. The van der Waals surface area contributed by atoms with Crippen LogP contribution in [-0.4, -0.2) is 25.1 Å². The van der Waals surface area contributed by atoms with Gasteiger partial charge in [-0.3, -0.25) is 4.79 Å². The van der Waals surface area contributed by atoms with Crippen molar-refractivity contribution in [1.82, 2.24) is 0 Å². The quantitative estimate of drug-likeness (QED) is 0.799. The topological polar surface area (TPSA) is 88.4 Å². The molecule has 1 amide bonds. The Morgan fingerprint density at radius 2 is 2.00 bits per heavy atom. The van der Waals surface area contributed by atoms with Crippen LogP contribution in [0.15, 0.2) is 42.5 Å². The minimum absolute atomic E-state index is 0.234. The highest BCUT2D eigenvalue weighted by Gasteiger charge is 2.15. The monoisotopic (exact) mass is 358 g/mol. The van der Waals surface area contributed by atoms with Gasteiger partial charge in [0.25, 0.3) is 5.91 Å². The first-order valence-corrected chi connectivity index (χ1v) is 7.81. The van der Waals surface area contributed by atoms with E-state index in [1.165, 1.54) is 12.1 Å². The van der Waals surface area contributed by atoms with E-state index >= 15 is 0 Å². The number of carbonyl (C=O) groups excluding carboxylic acids is 2. The molecule has 0 aliphatic rings. The van der Waals surface area contributed by atoms with E-state index < -0.39 is 18.5 Å².